The van der Waals surface area contributed by atoms with Gasteiger partial charge in [0, 0.05) is 31.0 Å². The third-order valence-corrected chi connectivity index (χ3v) is 3.47. The first kappa shape index (κ1) is 19.2. The fourth-order valence-corrected chi connectivity index (χ4v) is 2.36. The maximum absolute atomic E-state index is 12.1. The second-order valence-corrected chi connectivity index (χ2v) is 6.01. The van der Waals surface area contributed by atoms with Crippen LogP contribution in [0, 0.1) is 5.92 Å². The number of ether oxygens (including phenoxy) is 1. The van der Waals surface area contributed by atoms with Gasteiger partial charge in [0.05, 0.1) is 6.61 Å². The normalized spacial score (nSPS) is 12.0. The van der Waals surface area contributed by atoms with E-state index in [1.807, 2.05) is 6.92 Å². The molecule has 5 nitrogen and oxygen atoms in total. The molecule has 0 aliphatic rings. The summed E-state index contributed by atoms with van der Waals surface area (Å²) >= 11 is 0. The van der Waals surface area contributed by atoms with Crippen molar-refractivity contribution in [2.75, 3.05) is 13.2 Å². The maximum atomic E-state index is 12.1. The van der Waals surface area contributed by atoms with Crippen LogP contribution in [-0.4, -0.2) is 30.9 Å². The predicted octanol–water partition coefficient (Wildman–Crippen LogP) is 2.54. The Kier molecular flexibility index (Phi) is 8.33. The Morgan fingerprint density at radius 2 is 1.83 bits per heavy atom. The minimum absolute atomic E-state index is 0.0249. The van der Waals surface area contributed by atoms with Crippen LogP contribution in [0.1, 0.15) is 50.4 Å². The van der Waals surface area contributed by atoms with Gasteiger partial charge in [-0.3, -0.25) is 9.59 Å². The average molecular weight is 320 g/mol. The molecule has 0 heterocycles. The summed E-state index contributed by atoms with van der Waals surface area (Å²) in [5.74, 6) is 1.03. The zero-order chi connectivity index (χ0) is 17.2. The average Bonchev–Trinajstić information content (AvgIpc) is 2.52. The van der Waals surface area contributed by atoms with Crippen molar-refractivity contribution in [2.24, 2.45) is 11.7 Å². The van der Waals surface area contributed by atoms with Gasteiger partial charge in [0.15, 0.2) is 5.78 Å². The molecule has 0 saturated heterocycles. The maximum Gasteiger partial charge on any atom is 0.220 e. The molecule has 0 aromatic heterocycles. The highest BCUT2D eigenvalue weighted by molar-refractivity contribution is 5.98. The van der Waals surface area contributed by atoms with Gasteiger partial charge in [-0.05, 0) is 43.5 Å². The molecule has 128 valence electrons. The second kappa shape index (κ2) is 10.0. The topological polar surface area (TPSA) is 81.4 Å². The summed E-state index contributed by atoms with van der Waals surface area (Å²) in [5.41, 5.74) is 6.26. The molecule has 0 fully saturated rings. The van der Waals surface area contributed by atoms with Crippen molar-refractivity contribution in [2.45, 2.75) is 46.1 Å². The summed E-state index contributed by atoms with van der Waals surface area (Å²) in [4.78, 5) is 24.0. The molecule has 0 spiro atoms. The molecule has 1 aromatic rings. The molecule has 0 radical (unpaired) electrons. The Morgan fingerprint density at radius 3 is 2.35 bits per heavy atom. The van der Waals surface area contributed by atoms with Crippen LogP contribution in [0.4, 0.5) is 0 Å². The third-order valence-electron chi connectivity index (χ3n) is 3.47. The molecule has 0 bridgehead atoms. The van der Waals surface area contributed by atoms with Crippen LogP contribution in [-0.2, 0) is 4.79 Å². The van der Waals surface area contributed by atoms with E-state index in [1.165, 1.54) is 0 Å². The zero-order valence-electron chi connectivity index (χ0n) is 14.3. The van der Waals surface area contributed by atoms with E-state index in [2.05, 4.69) is 19.2 Å². The molecule has 1 unspecified atom stereocenters. The van der Waals surface area contributed by atoms with Crippen molar-refractivity contribution < 1.29 is 14.3 Å². The Labute approximate surface area is 138 Å². The van der Waals surface area contributed by atoms with E-state index in [0.717, 1.165) is 12.2 Å². The van der Waals surface area contributed by atoms with Crippen molar-refractivity contribution in [1.82, 2.24) is 5.32 Å². The lowest BCUT2D eigenvalue weighted by molar-refractivity contribution is -0.121. The zero-order valence-corrected chi connectivity index (χ0v) is 14.3. The number of ketones is 1. The van der Waals surface area contributed by atoms with Crippen LogP contribution >= 0.6 is 0 Å². The number of rotatable bonds is 10. The van der Waals surface area contributed by atoms with Crippen LogP contribution in [0.3, 0.4) is 0 Å². The standard InChI is InChI=1S/C18H28N2O3/c1-4-23-16-7-5-14(6-8-16)17(21)9-10-18(22)20-15(12-19)11-13(2)3/h5-8,13,15H,4,9-12,19H2,1-3H3,(H,20,22). The van der Waals surface area contributed by atoms with Crippen molar-refractivity contribution >= 4 is 11.7 Å². The van der Waals surface area contributed by atoms with E-state index in [9.17, 15) is 9.59 Å². The van der Waals surface area contributed by atoms with E-state index in [4.69, 9.17) is 10.5 Å². The summed E-state index contributed by atoms with van der Waals surface area (Å²) < 4.78 is 5.34. The third kappa shape index (κ3) is 7.28. The molecule has 3 N–H and O–H groups in total. The summed E-state index contributed by atoms with van der Waals surface area (Å²) in [5, 5.41) is 2.89. The molecule has 1 rings (SSSR count). The number of carbonyl (C=O) groups is 2. The van der Waals surface area contributed by atoms with E-state index in [1.54, 1.807) is 24.3 Å². The lowest BCUT2D eigenvalue weighted by Crippen LogP contribution is -2.41. The van der Waals surface area contributed by atoms with Crippen LogP contribution in [0.15, 0.2) is 24.3 Å². The van der Waals surface area contributed by atoms with Crippen molar-refractivity contribution in [3.63, 3.8) is 0 Å². The molecular weight excluding hydrogens is 292 g/mol. The molecule has 1 atom stereocenters. The Morgan fingerprint density at radius 1 is 1.17 bits per heavy atom. The van der Waals surface area contributed by atoms with Gasteiger partial charge < -0.3 is 15.8 Å². The smallest absolute Gasteiger partial charge is 0.220 e. The molecule has 0 aliphatic heterocycles. The Balaban J connectivity index is 2.43. The van der Waals surface area contributed by atoms with Gasteiger partial charge in [0.2, 0.25) is 5.91 Å². The van der Waals surface area contributed by atoms with Gasteiger partial charge in [-0.15, -0.1) is 0 Å². The number of hydrogen-bond acceptors (Lipinski definition) is 4. The highest BCUT2D eigenvalue weighted by Crippen LogP contribution is 2.14. The number of nitrogens with two attached hydrogens (primary N) is 1. The summed E-state index contributed by atoms with van der Waals surface area (Å²) in [6, 6.07) is 6.97. The monoisotopic (exact) mass is 320 g/mol. The minimum Gasteiger partial charge on any atom is -0.494 e. The summed E-state index contributed by atoms with van der Waals surface area (Å²) in [6.07, 6.45) is 1.22. The first-order valence-corrected chi connectivity index (χ1v) is 8.21. The number of benzene rings is 1. The lowest BCUT2D eigenvalue weighted by Gasteiger charge is -2.18. The SMILES string of the molecule is CCOc1ccc(C(=O)CCC(=O)NC(CN)CC(C)C)cc1. The fourth-order valence-electron chi connectivity index (χ4n) is 2.36. The first-order chi connectivity index (χ1) is 11.0. The van der Waals surface area contributed by atoms with Gasteiger partial charge in [0.1, 0.15) is 5.75 Å². The second-order valence-electron chi connectivity index (χ2n) is 6.01. The van der Waals surface area contributed by atoms with E-state index >= 15 is 0 Å². The molecule has 1 amide bonds. The van der Waals surface area contributed by atoms with Crippen molar-refractivity contribution in [1.29, 1.82) is 0 Å². The van der Waals surface area contributed by atoms with E-state index in [-0.39, 0.29) is 30.6 Å². The summed E-state index contributed by atoms with van der Waals surface area (Å²) in [7, 11) is 0. The van der Waals surface area contributed by atoms with Gasteiger partial charge in [0.25, 0.3) is 0 Å². The number of carbonyl (C=O) groups excluding carboxylic acids is 2. The fraction of sp³-hybridized carbons (Fsp3) is 0.556. The van der Waals surface area contributed by atoms with Gasteiger partial charge in [-0.1, -0.05) is 13.8 Å². The van der Waals surface area contributed by atoms with Crippen LogP contribution < -0.4 is 15.8 Å². The first-order valence-electron chi connectivity index (χ1n) is 8.21. The number of Topliss-reactive ketones (excluding diaryl/α,β-unsaturated/α-hetero) is 1. The predicted molar refractivity (Wildman–Crippen MR) is 91.6 cm³/mol. The molecular formula is C18H28N2O3. The number of nitrogens with one attached hydrogen (secondary N) is 1. The van der Waals surface area contributed by atoms with Crippen molar-refractivity contribution in [3.05, 3.63) is 29.8 Å². The van der Waals surface area contributed by atoms with Crippen molar-refractivity contribution in [3.8, 4) is 5.75 Å². The van der Waals surface area contributed by atoms with E-state index in [0.29, 0.717) is 24.6 Å². The Hall–Kier alpha value is -1.88. The van der Waals surface area contributed by atoms with E-state index < -0.39 is 0 Å². The van der Waals surface area contributed by atoms with Crippen LogP contribution in [0.2, 0.25) is 0 Å². The number of amides is 1. The van der Waals surface area contributed by atoms with Crippen LogP contribution in [0.25, 0.3) is 0 Å². The highest BCUT2D eigenvalue weighted by Gasteiger charge is 2.14. The highest BCUT2D eigenvalue weighted by atomic mass is 16.5. The molecule has 0 saturated carbocycles. The Bertz CT molecular complexity index is 497. The minimum atomic E-state index is -0.125. The van der Waals surface area contributed by atoms with Gasteiger partial charge >= 0.3 is 0 Å². The van der Waals surface area contributed by atoms with Gasteiger partial charge in [-0.25, -0.2) is 0 Å². The molecule has 23 heavy (non-hydrogen) atoms. The molecule has 5 heteroatoms. The summed E-state index contributed by atoms with van der Waals surface area (Å²) in [6.45, 7) is 7.09. The van der Waals surface area contributed by atoms with Crippen LogP contribution in [0.5, 0.6) is 5.75 Å². The molecule has 1 aromatic carbocycles. The van der Waals surface area contributed by atoms with Gasteiger partial charge in [-0.2, -0.15) is 0 Å². The largest absolute Gasteiger partial charge is 0.494 e. The lowest BCUT2D eigenvalue weighted by atomic mass is 10.0. The quantitative estimate of drug-likeness (QED) is 0.649. The number of hydrogen-bond donors (Lipinski definition) is 2. The molecule has 0 aliphatic carbocycles.